The number of sulfonamides is 1. The monoisotopic (exact) mass is 280 g/mol. The number of hydrogen-bond acceptors (Lipinski definition) is 4. The van der Waals surface area contributed by atoms with Crippen LogP contribution in [0.2, 0.25) is 0 Å². The summed E-state index contributed by atoms with van der Waals surface area (Å²) in [4.78, 5) is 0.119. The third-order valence-electron chi connectivity index (χ3n) is 2.77. The summed E-state index contributed by atoms with van der Waals surface area (Å²) in [6.45, 7) is 1.99. The number of rotatable bonds is 4. The number of hydrogen-bond donors (Lipinski definition) is 2. The van der Waals surface area contributed by atoms with Crippen LogP contribution in [0.1, 0.15) is 12.5 Å². The molecule has 102 valence electrons. The van der Waals surface area contributed by atoms with Crippen molar-refractivity contribution in [1.29, 1.82) is 0 Å². The minimum atomic E-state index is -3.62. The maximum Gasteiger partial charge on any atom is 0.265 e. The highest BCUT2D eigenvalue weighted by Gasteiger charge is 2.16. The van der Waals surface area contributed by atoms with Gasteiger partial charge in [-0.2, -0.15) is 5.10 Å². The molecule has 2 aromatic rings. The number of aromatic nitrogens is 2. The van der Waals surface area contributed by atoms with Gasteiger partial charge >= 0.3 is 0 Å². The lowest BCUT2D eigenvalue weighted by Crippen LogP contribution is -2.12. The van der Waals surface area contributed by atoms with E-state index < -0.39 is 10.0 Å². The highest BCUT2D eigenvalue weighted by atomic mass is 32.2. The molecular weight excluding hydrogens is 264 g/mol. The molecule has 0 atom stereocenters. The molecule has 1 aromatic carbocycles. The molecule has 0 unspecified atom stereocenters. The van der Waals surface area contributed by atoms with Crippen LogP contribution in [0.15, 0.2) is 35.5 Å². The van der Waals surface area contributed by atoms with Gasteiger partial charge in [0.2, 0.25) is 0 Å². The lowest BCUT2D eigenvalue weighted by atomic mass is 10.1. The molecule has 2 rings (SSSR count). The van der Waals surface area contributed by atoms with Crippen molar-refractivity contribution in [2.75, 3.05) is 10.5 Å². The molecule has 0 amide bonds. The molecule has 6 nitrogen and oxygen atoms in total. The van der Waals surface area contributed by atoms with Crippen molar-refractivity contribution in [3.8, 4) is 0 Å². The van der Waals surface area contributed by atoms with Gasteiger partial charge in [0.05, 0.1) is 11.9 Å². The van der Waals surface area contributed by atoms with Crippen molar-refractivity contribution in [3.05, 3.63) is 36.2 Å². The van der Waals surface area contributed by atoms with E-state index in [0.29, 0.717) is 11.4 Å². The molecule has 0 saturated carbocycles. The summed E-state index contributed by atoms with van der Waals surface area (Å²) in [5.41, 5.74) is 7.85. The highest BCUT2D eigenvalue weighted by Crippen LogP contribution is 2.21. The fourth-order valence-electron chi connectivity index (χ4n) is 1.73. The van der Waals surface area contributed by atoms with Crippen LogP contribution < -0.4 is 10.5 Å². The van der Waals surface area contributed by atoms with Gasteiger partial charge in [-0.3, -0.25) is 9.40 Å². The molecule has 1 aromatic heterocycles. The van der Waals surface area contributed by atoms with Crippen LogP contribution in [0.3, 0.4) is 0 Å². The minimum Gasteiger partial charge on any atom is -0.398 e. The van der Waals surface area contributed by atoms with Crippen LogP contribution in [0.25, 0.3) is 0 Å². The van der Waals surface area contributed by atoms with Gasteiger partial charge in [-0.1, -0.05) is 13.0 Å². The Hall–Kier alpha value is -2.02. The SMILES string of the molecule is CCc1ccc(NS(=O)(=O)c2cnn(C)c2)cc1N. The van der Waals surface area contributed by atoms with Crippen molar-refractivity contribution >= 4 is 21.4 Å². The van der Waals surface area contributed by atoms with E-state index in [4.69, 9.17) is 5.73 Å². The first-order valence-electron chi connectivity index (χ1n) is 5.82. The second-order valence-corrected chi connectivity index (χ2v) is 5.90. The van der Waals surface area contributed by atoms with Crippen molar-refractivity contribution < 1.29 is 8.42 Å². The first-order valence-corrected chi connectivity index (χ1v) is 7.30. The van der Waals surface area contributed by atoms with E-state index in [1.54, 1.807) is 19.2 Å². The molecule has 0 aliphatic rings. The summed E-state index contributed by atoms with van der Waals surface area (Å²) in [5.74, 6) is 0. The first-order chi connectivity index (χ1) is 8.92. The molecule has 0 bridgehead atoms. The fraction of sp³-hybridized carbons (Fsp3) is 0.250. The lowest BCUT2D eigenvalue weighted by Gasteiger charge is -2.09. The molecule has 0 saturated heterocycles. The number of nitrogen functional groups attached to an aromatic ring is 1. The van der Waals surface area contributed by atoms with Crippen molar-refractivity contribution in [1.82, 2.24) is 9.78 Å². The summed E-state index contributed by atoms with van der Waals surface area (Å²) in [6, 6.07) is 5.13. The molecule has 7 heteroatoms. The van der Waals surface area contributed by atoms with Crippen LogP contribution in [0, 0.1) is 0 Å². The standard InChI is InChI=1S/C12H16N4O2S/c1-3-9-4-5-10(6-12(9)13)15-19(17,18)11-7-14-16(2)8-11/h4-8,15H,3,13H2,1-2H3. The molecule has 0 fully saturated rings. The smallest absolute Gasteiger partial charge is 0.265 e. The Morgan fingerprint density at radius 1 is 1.42 bits per heavy atom. The Bertz CT molecular complexity index is 692. The normalized spacial score (nSPS) is 11.5. The van der Waals surface area contributed by atoms with Crippen molar-refractivity contribution in [2.45, 2.75) is 18.2 Å². The Labute approximate surface area is 112 Å². The van der Waals surface area contributed by atoms with Gasteiger partial charge in [-0.15, -0.1) is 0 Å². The molecule has 0 aliphatic carbocycles. The Morgan fingerprint density at radius 3 is 2.68 bits per heavy atom. The first kappa shape index (κ1) is 13.4. The van der Waals surface area contributed by atoms with Gasteiger partial charge in [-0.05, 0) is 24.1 Å². The molecule has 1 heterocycles. The number of aryl methyl sites for hydroxylation is 2. The minimum absolute atomic E-state index is 0.119. The molecule has 0 radical (unpaired) electrons. The molecule has 3 N–H and O–H groups in total. The van der Waals surface area contributed by atoms with E-state index >= 15 is 0 Å². The Morgan fingerprint density at radius 2 is 2.16 bits per heavy atom. The maximum absolute atomic E-state index is 12.1. The Kier molecular flexibility index (Phi) is 3.48. The van der Waals surface area contributed by atoms with E-state index in [0.717, 1.165) is 12.0 Å². The van der Waals surface area contributed by atoms with Gasteiger partial charge in [0.1, 0.15) is 4.90 Å². The largest absolute Gasteiger partial charge is 0.398 e. The summed E-state index contributed by atoms with van der Waals surface area (Å²) in [6.07, 6.45) is 3.54. The van der Waals surface area contributed by atoms with Gasteiger partial charge in [-0.25, -0.2) is 8.42 Å². The predicted molar refractivity (Wildman–Crippen MR) is 74.2 cm³/mol. The summed E-state index contributed by atoms with van der Waals surface area (Å²) in [7, 11) is -1.96. The van der Waals surface area contributed by atoms with Crippen LogP contribution in [-0.4, -0.2) is 18.2 Å². The number of anilines is 2. The Balaban J connectivity index is 2.28. The van der Waals surface area contributed by atoms with Crippen molar-refractivity contribution in [2.24, 2.45) is 7.05 Å². The zero-order chi connectivity index (χ0) is 14.0. The summed E-state index contributed by atoms with van der Waals surface area (Å²) >= 11 is 0. The van der Waals surface area contributed by atoms with Gasteiger partial charge in [0.15, 0.2) is 0 Å². The van der Waals surface area contributed by atoms with E-state index in [1.165, 1.54) is 17.1 Å². The number of nitrogens with one attached hydrogen (secondary N) is 1. The quantitative estimate of drug-likeness (QED) is 0.828. The van der Waals surface area contributed by atoms with E-state index in [-0.39, 0.29) is 4.90 Å². The molecule has 19 heavy (non-hydrogen) atoms. The average Bonchev–Trinajstić information content (AvgIpc) is 2.76. The van der Waals surface area contributed by atoms with Crippen molar-refractivity contribution in [3.63, 3.8) is 0 Å². The van der Waals surface area contributed by atoms with E-state index in [1.807, 2.05) is 13.0 Å². The third kappa shape index (κ3) is 2.87. The second-order valence-electron chi connectivity index (χ2n) is 4.22. The zero-order valence-electron chi connectivity index (χ0n) is 10.8. The van der Waals surface area contributed by atoms with Crippen LogP contribution >= 0.6 is 0 Å². The zero-order valence-corrected chi connectivity index (χ0v) is 11.6. The van der Waals surface area contributed by atoms with Gasteiger partial charge in [0.25, 0.3) is 10.0 Å². The third-order valence-corrected chi connectivity index (χ3v) is 4.11. The van der Waals surface area contributed by atoms with Crippen LogP contribution in [-0.2, 0) is 23.5 Å². The topological polar surface area (TPSA) is 90.0 Å². The second kappa shape index (κ2) is 4.93. The number of nitrogens with two attached hydrogens (primary N) is 1. The maximum atomic E-state index is 12.1. The van der Waals surface area contributed by atoms with E-state index in [2.05, 4.69) is 9.82 Å². The summed E-state index contributed by atoms with van der Waals surface area (Å²) in [5, 5.41) is 3.84. The summed E-state index contributed by atoms with van der Waals surface area (Å²) < 4.78 is 28.1. The highest BCUT2D eigenvalue weighted by molar-refractivity contribution is 7.92. The van der Waals surface area contributed by atoms with Gasteiger partial charge < -0.3 is 5.73 Å². The van der Waals surface area contributed by atoms with Crippen LogP contribution in [0.5, 0.6) is 0 Å². The number of nitrogens with zero attached hydrogens (tertiary/aromatic N) is 2. The number of benzene rings is 1. The van der Waals surface area contributed by atoms with E-state index in [9.17, 15) is 8.42 Å². The van der Waals surface area contributed by atoms with Crippen LogP contribution in [0.4, 0.5) is 11.4 Å². The molecule has 0 spiro atoms. The van der Waals surface area contributed by atoms with Gasteiger partial charge in [0, 0.05) is 18.9 Å². The predicted octanol–water partition coefficient (Wildman–Crippen LogP) is 1.37. The fourth-order valence-corrected chi connectivity index (χ4v) is 2.76. The molecular formula is C12H16N4O2S. The average molecular weight is 280 g/mol. The molecule has 0 aliphatic heterocycles. The lowest BCUT2D eigenvalue weighted by molar-refractivity contribution is 0.601.